The van der Waals surface area contributed by atoms with Crippen LogP contribution in [0.4, 0.5) is 0 Å². The molecule has 0 atom stereocenters. The van der Waals surface area contributed by atoms with Crippen LogP contribution in [0.3, 0.4) is 0 Å². The third-order valence-corrected chi connectivity index (χ3v) is 3.40. The molecule has 0 saturated heterocycles. The van der Waals surface area contributed by atoms with Gasteiger partial charge < -0.3 is 4.57 Å². The van der Waals surface area contributed by atoms with Crippen molar-refractivity contribution in [1.29, 1.82) is 0 Å². The summed E-state index contributed by atoms with van der Waals surface area (Å²) in [5, 5.41) is 0. The van der Waals surface area contributed by atoms with Crippen LogP contribution in [-0.4, -0.2) is 10.5 Å². The number of carbonyl (C=O) groups excluding carboxylic acids is 1. The van der Waals surface area contributed by atoms with Crippen LogP contribution >= 0.6 is 15.9 Å². The van der Waals surface area contributed by atoms with Gasteiger partial charge in [0.15, 0.2) is 5.43 Å². The minimum absolute atomic E-state index is 0.0229. The molecule has 0 unspecified atom stereocenters. The minimum atomic E-state index is -0.337. The van der Waals surface area contributed by atoms with Crippen molar-refractivity contribution in [3.63, 3.8) is 0 Å². The largest absolute Gasteiger partial charge is 0.350 e. The highest BCUT2D eigenvalue weighted by Gasteiger charge is 2.07. The number of amides is 1. The average molecular weight is 322 g/mol. The molecule has 98 valence electrons. The van der Waals surface area contributed by atoms with Crippen molar-refractivity contribution in [3.05, 3.63) is 68.5 Å². The van der Waals surface area contributed by atoms with Crippen molar-refractivity contribution < 1.29 is 4.79 Å². The maximum atomic E-state index is 11.4. The van der Waals surface area contributed by atoms with Gasteiger partial charge in [-0.05, 0) is 17.7 Å². The number of aromatic nitrogens is 1. The Morgan fingerprint density at radius 3 is 2.53 bits per heavy atom. The molecule has 6 heteroatoms. The Hall–Kier alpha value is -1.92. The number of benzene rings is 1. The Morgan fingerprint density at radius 2 is 1.95 bits per heavy atom. The van der Waals surface area contributed by atoms with Crippen molar-refractivity contribution in [3.8, 4) is 0 Å². The van der Waals surface area contributed by atoms with Crippen LogP contribution in [0.1, 0.15) is 15.9 Å². The maximum Gasteiger partial charge on any atom is 0.265 e. The molecule has 2 aromatic rings. The molecule has 0 aliphatic carbocycles. The number of hydrogen-bond donors (Lipinski definition) is 2. The number of nitrogen functional groups attached to an aromatic ring is 1. The molecule has 0 aliphatic rings. The summed E-state index contributed by atoms with van der Waals surface area (Å²) in [6.45, 7) is 0.603. The minimum Gasteiger partial charge on any atom is -0.350 e. The van der Waals surface area contributed by atoms with E-state index in [1.807, 2.05) is 10.6 Å². The molecule has 1 heterocycles. The van der Waals surface area contributed by atoms with Crippen LogP contribution < -0.4 is 16.7 Å². The van der Waals surface area contributed by atoms with Gasteiger partial charge >= 0.3 is 0 Å². The Labute approximate surface area is 118 Å². The van der Waals surface area contributed by atoms with Gasteiger partial charge in [0.05, 0.1) is 0 Å². The number of nitrogens with zero attached hydrogens (tertiary/aromatic N) is 1. The number of nitrogens with two attached hydrogens (primary N) is 1. The number of halogens is 1. The van der Waals surface area contributed by atoms with Gasteiger partial charge in [0.1, 0.15) is 0 Å². The molecule has 0 radical (unpaired) electrons. The number of hydrogen-bond acceptors (Lipinski definition) is 3. The third kappa shape index (κ3) is 3.30. The van der Waals surface area contributed by atoms with E-state index in [4.69, 9.17) is 5.84 Å². The Balaban J connectivity index is 2.24. The second kappa shape index (κ2) is 5.81. The number of carbonyl (C=O) groups is 1. The van der Waals surface area contributed by atoms with Crippen molar-refractivity contribution in [2.24, 2.45) is 5.84 Å². The van der Waals surface area contributed by atoms with Gasteiger partial charge in [-0.3, -0.25) is 15.0 Å². The first-order valence-corrected chi connectivity index (χ1v) is 6.35. The summed E-state index contributed by atoms with van der Waals surface area (Å²) < 4.78 is 2.69. The molecule has 3 N–H and O–H groups in total. The number of pyridine rings is 1. The topological polar surface area (TPSA) is 77.1 Å². The summed E-state index contributed by atoms with van der Waals surface area (Å²) in [6, 6.07) is 8.26. The van der Waals surface area contributed by atoms with Crippen molar-refractivity contribution in [2.75, 3.05) is 0 Å². The van der Waals surface area contributed by atoms with E-state index in [9.17, 15) is 9.59 Å². The predicted octanol–water partition coefficient (Wildman–Crippen LogP) is 1.26. The molecule has 0 spiro atoms. The average Bonchev–Trinajstić information content (AvgIpc) is 2.42. The highest BCUT2D eigenvalue weighted by atomic mass is 79.9. The standard InChI is InChI=1S/C13H12BrN3O2/c14-12-7-9(13(19)16-15)1-2-10(12)8-17-5-3-11(18)4-6-17/h1-7H,8,15H2,(H,16,19). The van der Waals surface area contributed by atoms with E-state index in [0.717, 1.165) is 10.0 Å². The van der Waals surface area contributed by atoms with E-state index in [1.165, 1.54) is 12.1 Å². The first kappa shape index (κ1) is 13.5. The Kier molecular flexibility index (Phi) is 4.13. The van der Waals surface area contributed by atoms with Gasteiger partial charge in [-0.25, -0.2) is 5.84 Å². The molecule has 2 rings (SSSR count). The summed E-state index contributed by atoms with van der Waals surface area (Å²) >= 11 is 3.42. The number of hydrazine groups is 1. The van der Waals surface area contributed by atoms with Crippen LogP contribution in [0.5, 0.6) is 0 Å². The van der Waals surface area contributed by atoms with Crippen molar-refractivity contribution in [2.45, 2.75) is 6.54 Å². The first-order valence-electron chi connectivity index (χ1n) is 5.55. The van der Waals surface area contributed by atoms with Crippen molar-refractivity contribution in [1.82, 2.24) is 9.99 Å². The molecular weight excluding hydrogens is 310 g/mol. The van der Waals surface area contributed by atoms with Crippen molar-refractivity contribution >= 4 is 21.8 Å². The summed E-state index contributed by atoms with van der Waals surface area (Å²) in [6.07, 6.45) is 3.44. The quantitative estimate of drug-likeness (QED) is 0.507. The van der Waals surface area contributed by atoms with E-state index < -0.39 is 0 Å². The van der Waals surface area contributed by atoms with Crippen LogP contribution in [0.25, 0.3) is 0 Å². The van der Waals surface area contributed by atoms with E-state index in [1.54, 1.807) is 24.5 Å². The van der Waals surface area contributed by atoms with Gasteiger partial charge in [-0.1, -0.05) is 22.0 Å². The van der Waals surface area contributed by atoms with Gasteiger partial charge in [0.2, 0.25) is 0 Å². The first-order chi connectivity index (χ1) is 9.10. The molecular formula is C13H12BrN3O2. The molecule has 5 nitrogen and oxygen atoms in total. The normalized spacial score (nSPS) is 10.2. The summed E-state index contributed by atoms with van der Waals surface area (Å²) in [5.74, 6) is 4.74. The Bertz CT molecular complexity index is 647. The molecule has 0 fully saturated rings. The van der Waals surface area contributed by atoms with E-state index in [-0.39, 0.29) is 11.3 Å². The fraction of sp³-hybridized carbons (Fsp3) is 0.0769. The lowest BCUT2D eigenvalue weighted by Crippen LogP contribution is -2.29. The van der Waals surface area contributed by atoms with Gasteiger partial charge in [-0.15, -0.1) is 0 Å². The lowest BCUT2D eigenvalue weighted by molar-refractivity contribution is 0.0953. The molecule has 1 aromatic heterocycles. The van der Waals surface area contributed by atoms with Crippen LogP contribution in [0.2, 0.25) is 0 Å². The molecule has 0 saturated carbocycles. The number of nitrogens with one attached hydrogen (secondary N) is 1. The zero-order valence-corrected chi connectivity index (χ0v) is 11.6. The van der Waals surface area contributed by atoms with Gasteiger partial charge in [-0.2, -0.15) is 0 Å². The second-order valence-corrected chi connectivity index (χ2v) is 4.84. The maximum absolute atomic E-state index is 11.4. The smallest absolute Gasteiger partial charge is 0.265 e. The fourth-order valence-corrected chi connectivity index (χ4v) is 2.15. The van der Waals surface area contributed by atoms with Crippen LogP contribution in [0.15, 0.2) is 52.0 Å². The predicted molar refractivity (Wildman–Crippen MR) is 75.6 cm³/mol. The van der Waals surface area contributed by atoms with Gasteiger partial charge in [0, 0.05) is 41.1 Å². The molecule has 0 bridgehead atoms. The highest BCUT2D eigenvalue weighted by molar-refractivity contribution is 9.10. The molecule has 1 aromatic carbocycles. The second-order valence-electron chi connectivity index (χ2n) is 3.99. The third-order valence-electron chi connectivity index (χ3n) is 2.66. The lowest BCUT2D eigenvalue weighted by atomic mass is 10.1. The van der Waals surface area contributed by atoms with E-state index >= 15 is 0 Å². The highest BCUT2D eigenvalue weighted by Crippen LogP contribution is 2.19. The fourth-order valence-electron chi connectivity index (χ4n) is 1.65. The Morgan fingerprint density at radius 1 is 1.26 bits per heavy atom. The molecule has 0 aliphatic heterocycles. The van der Waals surface area contributed by atoms with E-state index in [2.05, 4.69) is 21.4 Å². The monoisotopic (exact) mass is 321 g/mol. The SMILES string of the molecule is NNC(=O)c1ccc(Cn2ccc(=O)cc2)c(Br)c1. The molecule has 1 amide bonds. The summed E-state index contributed by atoms with van der Waals surface area (Å²) in [5.41, 5.74) is 3.54. The van der Waals surface area contributed by atoms with Gasteiger partial charge in [0.25, 0.3) is 5.91 Å². The van der Waals surface area contributed by atoms with Crippen LogP contribution in [0, 0.1) is 0 Å². The molecule has 19 heavy (non-hydrogen) atoms. The summed E-state index contributed by atoms with van der Waals surface area (Å²) in [4.78, 5) is 22.4. The number of rotatable bonds is 3. The zero-order valence-electron chi connectivity index (χ0n) is 9.97. The lowest BCUT2D eigenvalue weighted by Gasteiger charge is -2.09. The van der Waals surface area contributed by atoms with Crippen LogP contribution in [-0.2, 0) is 6.54 Å². The summed E-state index contributed by atoms with van der Waals surface area (Å²) in [7, 11) is 0. The zero-order chi connectivity index (χ0) is 13.8. The van der Waals surface area contributed by atoms with E-state index in [0.29, 0.717) is 12.1 Å².